The van der Waals surface area contributed by atoms with Crippen molar-refractivity contribution in [3.8, 4) is 6.07 Å². The number of hydrogen-bond donors (Lipinski definition) is 0. The van der Waals surface area contributed by atoms with Crippen molar-refractivity contribution in [2.24, 2.45) is 5.92 Å². The summed E-state index contributed by atoms with van der Waals surface area (Å²) in [7, 11) is 2.11. The number of nitriles is 1. The van der Waals surface area contributed by atoms with Gasteiger partial charge in [0.05, 0.1) is 12.0 Å². The van der Waals surface area contributed by atoms with Gasteiger partial charge in [0, 0.05) is 32.1 Å². The molecule has 15 heavy (non-hydrogen) atoms. The first kappa shape index (κ1) is 10.4. The first-order chi connectivity index (χ1) is 7.20. The van der Waals surface area contributed by atoms with Crippen LogP contribution in [0.25, 0.3) is 0 Å². The molecule has 1 saturated carbocycles. The highest BCUT2D eigenvalue weighted by molar-refractivity contribution is 5.79. The number of amides is 1. The Morgan fingerprint density at radius 3 is 2.87 bits per heavy atom. The number of rotatable bonds is 4. The molecule has 0 radical (unpaired) electrons. The number of carbonyl (C=O) groups excluding carboxylic acids is 1. The molecule has 2 rings (SSSR count). The lowest BCUT2D eigenvalue weighted by Gasteiger charge is -2.21. The molecular formula is C11H17N3O. The average molecular weight is 207 g/mol. The van der Waals surface area contributed by atoms with Gasteiger partial charge in [0.15, 0.2) is 0 Å². The second-order valence-corrected chi connectivity index (χ2v) is 4.58. The van der Waals surface area contributed by atoms with Crippen LogP contribution in [0.5, 0.6) is 0 Å². The predicted octanol–water partition coefficient (Wildman–Crippen LogP) is 0.453. The summed E-state index contributed by atoms with van der Waals surface area (Å²) in [5, 5.41) is 8.74. The maximum absolute atomic E-state index is 11.5. The molecule has 0 N–H and O–H groups in total. The van der Waals surface area contributed by atoms with Crippen LogP contribution in [0.1, 0.15) is 19.3 Å². The van der Waals surface area contributed by atoms with Crippen molar-refractivity contribution in [1.82, 2.24) is 9.80 Å². The van der Waals surface area contributed by atoms with Crippen molar-refractivity contribution in [3.63, 3.8) is 0 Å². The number of nitrogens with zero attached hydrogens (tertiary/aromatic N) is 3. The highest BCUT2D eigenvalue weighted by Crippen LogP contribution is 2.25. The zero-order valence-corrected chi connectivity index (χ0v) is 9.15. The molecule has 0 bridgehead atoms. The summed E-state index contributed by atoms with van der Waals surface area (Å²) in [6, 6.07) is 2.92. The molecule has 1 amide bonds. The Morgan fingerprint density at radius 2 is 2.33 bits per heavy atom. The fourth-order valence-electron chi connectivity index (χ4n) is 2.05. The molecule has 2 aliphatic rings. The molecule has 82 valence electrons. The second-order valence-electron chi connectivity index (χ2n) is 4.58. The lowest BCUT2D eigenvalue weighted by molar-refractivity contribution is -0.127. The van der Waals surface area contributed by atoms with E-state index in [9.17, 15) is 4.79 Å². The van der Waals surface area contributed by atoms with Gasteiger partial charge in [-0.15, -0.1) is 0 Å². The van der Waals surface area contributed by atoms with Crippen molar-refractivity contribution >= 4 is 5.91 Å². The fraction of sp³-hybridized carbons (Fsp3) is 0.818. The van der Waals surface area contributed by atoms with E-state index in [-0.39, 0.29) is 11.8 Å². The van der Waals surface area contributed by atoms with Crippen LogP contribution in [0.4, 0.5) is 0 Å². The van der Waals surface area contributed by atoms with E-state index in [1.165, 1.54) is 12.8 Å². The van der Waals surface area contributed by atoms with Crippen LogP contribution in [0.2, 0.25) is 0 Å². The summed E-state index contributed by atoms with van der Waals surface area (Å²) < 4.78 is 0. The topological polar surface area (TPSA) is 47.3 Å². The molecule has 0 aromatic heterocycles. The summed E-state index contributed by atoms with van der Waals surface area (Å²) >= 11 is 0. The normalized spacial score (nSPS) is 26.1. The van der Waals surface area contributed by atoms with Gasteiger partial charge in [0.25, 0.3) is 0 Å². The molecule has 0 aromatic carbocycles. The molecule has 1 aliphatic carbocycles. The third-order valence-corrected chi connectivity index (χ3v) is 3.29. The largest absolute Gasteiger partial charge is 0.340 e. The van der Waals surface area contributed by atoms with Crippen molar-refractivity contribution < 1.29 is 4.79 Å². The van der Waals surface area contributed by atoms with Crippen LogP contribution < -0.4 is 0 Å². The van der Waals surface area contributed by atoms with Gasteiger partial charge in [-0.25, -0.2) is 0 Å². The van der Waals surface area contributed by atoms with E-state index in [4.69, 9.17) is 5.26 Å². The van der Waals surface area contributed by atoms with Gasteiger partial charge in [-0.1, -0.05) is 0 Å². The zero-order valence-electron chi connectivity index (χ0n) is 9.15. The van der Waals surface area contributed by atoms with E-state index >= 15 is 0 Å². The molecule has 1 saturated heterocycles. The Morgan fingerprint density at radius 1 is 1.60 bits per heavy atom. The number of hydrogen-bond acceptors (Lipinski definition) is 3. The van der Waals surface area contributed by atoms with E-state index in [0.717, 1.165) is 19.1 Å². The van der Waals surface area contributed by atoms with Crippen LogP contribution in [0, 0.1) is 17.2 Å². The minimum Gasteiger partial charge on any atom is -0.340 e. The first-order valence-electron chi connectivity index (χ1n) is 5.58. The maximum Gasteiger partial charge on any atom is 0.224 e. The molecular weight excluding hydrogens is 190 g/mol. The highest BCUT2D eigenvalue weighted by Gasteiger charge is 2.31. The van der Waals surface area contributed by atoms with E-state index in [1.807, 2.05) is 4.90 Å². The molecule has 1 heterocycles. The minimum atomic E-state index is -0.0799. The molecule has 4 heteroatoms. The average Bonchev–Trinajstić information content (AvgIpc) is 3.00. The van der Waals surface area contributed by atoms with Gasteiger partial charge in [0.2, 0.25) is 5.91 Å². The van der Waals surface area contributed by atoms with Crippen molar-refractivity contribution in [3.05, 3.63) is 0 Å². The summed E-state index contributed by atoms with van der Waals surface area (Å²) in [5.41, 5.74) is 0. The van der Waals surface area contributed by atoms with Crippen molar-refractivity contribution in [2.45, 2.75) is 25.3 Å². The van der Waals surface area contributed by atoms with Crippen LogP contribution in [-0.4, -0.2) is 48.4 Å². The number of likely N-dealkylation sites (N-methyl/N-ethyl adjacent to an activating group) is 1. The van der Waals surface area contributed by atoms with Gasteiger partial charge >= 0.3 is 0 Å². The Bertz CT molecular complexity index is 293. The summed E-state index contributed by atoms with van der Waals surface area (Å²) in [6.07, 6.45) is 3.01. The molecule has 4 nitrogen and oxygen atoms in total. The molecule has 2 fully saturated rings. The lowest BCUT2D eigenvalue weighted by atomic mass is 10.1. The third-order valence-electron chi connectivity index (χ3n) is 3.29. The lowest BCUT2D eigenvalue weighted by Crippen LogP contribution is -2.35. The maximum atomic E-state index is 11.5. The Kier molecular flexibility index (Phi) is 2.92. The number of carbonyl (C=O) groups is 1. The van der Waals surface area contributed by atoms with Crippen LogP contribution >= 0.6 is 0 Å². The zero-order chi connectivity index (χ0) is 10.8. The van der Waals surface area contributed by atoms with Gasteiger partial charge in [-0.05, 0) is 19.9 Å². The number of likely N-dealkylation sites (tertiary alicyclic amines) is 1. The Balaban J connectivity index is 1.75. The molecule has 1 unspecified atom stereocenters. The smallest absolute Gasteiger partial charge is 0.224 e. The van der Waals surface area contributed by atoms with Crippen molar-refractivity contribution in [2.75, 3.05) is 26.7 Å². The van der Waals surface area contributed by atoms with E-state index in [1.54, 1.807) is 0 Å². The second kappa shape index (κ2) is 4.19. The van der Waals surface area contributed by atoms with Crippen LogP contribution in [0.15, 0.2) is 0 Å². The summed E-state index contributed by atoms with van der Waals surface area (Å²) in [5.74, 6) is 0.0643. The highest BCUT2D eigenvalue weighted by atomic mass is 16.2. The first-order valence-corrected chi connectivity index (χ1v) is 5.58. The summed E-state index contributed by atoms with van der Waals surface area (Å²) in [6.45, 7) is 2.35. The van der Waals surface area contributed by atoms with E-state index in [0.29, 0.717) is 13.0 Å². The predicted molar refractivity (Wildman–Crippen MR) is 56.0 cm³/mol. The standard InChI is InChI=1S/C11H17N3O/c1-13(10-2-3-10)4-5-14-8-9(7-12)6-11(14)15/h9-10H,2-6,8H2,1H3. The Labute approximate surface area is 90.5 Å². The summed E-state index contributed by atoms with van der Waals surface area (Å²) in [4.78, 5) is 15.6. The molecule has 0 spiro atoms. The molecule has 0 aromatic rings. The molecule has 1 aliphatic heterocycles. The Hall–Kier alpha value is -1.08. The van der Waals surface area contributed by atoms with Crippen molar-refractivity contribution in [1.29, 1.82) is 5.26 Å². The quantitative estimate of drug-likeness (QED) is 0.672. The SMILES string of the molecule is CN(CCN1CC(C#N)CC1=O)C1CC1. The fourth-order valence-corrected chi connectivity index (χ4v) is 2.05. The van der Waals surface area contributed by atoms with Gasteiger partial charge in [-0.2, -0.15) is 5.26 Å². The minimum absolute atomic E-state index is 0.0799. The van der Waals surface area contributed by atoms with E-state index < -0.39 is 0 Å². The van der Waals surface area contributed by atoms with Gasteiger partial charge < -0.3 is 9.80 Å². The monoisotopic (exact) mass is 207 g/mol. The van der Waals surface area contributed by atoms with E-state index in [2.05, 4.69) is 18.0 Å². The van der Waals surface area contributed by atoms with Crippen LogP contribution in [0.3, 0.4) is 0 Å². The van der Waals surface area contributed by atoms with Gasteiger partial charge in [0.1, 0.15) is 0 Å². The van der Waals surface area contributed by atoms with Crippen LogP contribution in [-0.2, 0) is 4.79 Å². The third kappa shape index (κ3) is 2.48. The molecule has 1 atom stereocenters. The van der Waals surface area contributed by atoms with Gasteiger partial charge in [-0.3, -0.25) is 4.79 Å².